The SMILES string of the molecule is [2H]c1c([2H])c([2H])c(-c2ccc3c(c2)N(c2ccc(C#N)c(-n4c5ccccc5c5ccccc54)c2)c2cc(-c4cc(C(C)(C)C)cc(C(C)(C)C)c4)cc4c2B3c2ccc(-n3c5ccc(C(C)(C)C)cc5c5cc(C(C)(C)C)ccc53)cc2N4c2c(-c3ccccc3)cc(C(C)(C)C)cc2-c2c([2H])c([2H])c(C(C)(C)C)c([2H])c2[2H])c([2H])c1[2H]. The van der Waals surface area contributed by atoms with Gasteiger partial charge in [0.15, 0.2) is 0 Å². The Morgan fingerprint density at radius 3 is 1.31 bits per heavy atom. The maximum Gasteiger partial charge on any atom is 0.252 e. The lowest BCUT2D eigenvalue weighted by Crippen LogP contribution is -2.61. The Bertz CT molecular complexity index is 6620. The predicted molar refractivity (Wildman–Crippen MR) is 468 cm³/mol. The first kappa shape index (κ1) is 60.6. The lowest BCUT2D eigenvalue weighted by Gasteiger charge is -2.45. The topological polar surface area (TPSA) is 40.1 Å². The average Bonchev–Trinajstić information content (AvgIpc) is 0.890. The van der Waals surface area contributed by atoms with E-state index in [2.05, 4.69) is 274 Å². The second-order valence-corrected chi connectivity index (χ2v) is 36.4. The second-order valence-electron chi connectivity index (χ2n) is 36.4. The summed E-state index contributed by atoms with van der Waals surface area (Å²) in [4.78, 5) is 4.65. The third kappa shape index (κ3) is 12.1. The third-order valence-electron chi connectivity index (χ3n) is 22.7. The normalized spacial score (nSPS) is 14.5. The third-order valence-corrected chi connectivity index (χ3v) is 22.7. The first-order valence-electron chi connectivity index (χ1n) is 42.8. The van der Waals surface area contributed by atoms with Gasteiger partial charge in [0.25, 0.3) is 6.71 Å². The fraction of sp³-hybridized carbons (Fsp3) is 0.233. The molecular formula is C103H98BN5. The standard InChI is InChI=1S/C103H98BN5/c1-98(2,3)71-41-37-66(38-42-71)82-60-76(103(16,17)18)59-81(65-31-23-20-24-32-65)97(82)109-93-62-78(106-89-49-43-72(99(4,5)6)57-83(89)84-58-73(100(7,8)9)44-50-90(84)106)46-48-86(93)104-85-47-40-67(64-29-21-19-22-30-64)53-92(85)107(94-54-70(55-95(109)96(94)104)69-51-74(101(10,11)12)56-75(52-69)102(13,14)15)77-45-39-68(63-105)91(61-77)108-87-35-27-25-33-79(87)80-34-26-28-36-88(80)108/h19-62H,1-18H3/i19D,21D,22D,29D,30D,37D,38D,41D,42D. The molecule has 17 rings (SSSR count). The minimum absolute atomic E-state index is 0.0492. The molecular weight excluding hydrogens is 1320 g/mol. The molecule has 0 unspecified atom stereocenters. The van der Waals surface area contributed by atoms with Gasteiger partial charge in [-0.25, -0.2) is 0 Å². The number of aromatic nitrogens is 2. The van der Waals surface area contributed by atoms with Crippen LogP contribution in [-0.4, -0.2) is 15.8 Å². The monoisotopic (exact) mass is 1420 g/mol. The van der Waals surface area contributed by atoms with Crippen molar-refractivity contribution in [1.82, 2.24) is 9.13 Å². The predicted octanol–water partition coefficient (Wildman–Crippen LogP) is 26.3. The molecule has 2 aliphatic rings. The van der Waals surface area contributed by atoms with Gasteiger partial charge in [-0.15, -0.1) is 0 Å². The Hall–Kier alpha value is -11.4. The molecule has 6 heteroatoms. The molecule has 15 aromatic rings. The van der Waals surface area contributed by atoms with Crippen molar-refractivity contribution in [2.45, 2.75) is 157 Å². The van der Waals surface area contributed by atoms with Gasteiger partial charge in [-0.05, 0) is 213 Å². The van der Waals surface area contributed by atoms with Crippen LogP contribution in [0.1, 0.15) is 176 Å². The van der Waals surface area contributed by atoms with Gasteiger partial charge in [0, 0.05) is 66.8 Å². The van der Waals surface area contributed by atoms with Gasteiger partial charge < -0.3 is 18.9 Å². The molecule has 0 aliphatic carbocycles. The van der Waals surface area contributed by atoms with Gasteiger partial charge >= 0.3 is 0 Å². The molecule has 109 heavy (non-hydrogen) atoms. The van der Waals surface area contributed by atoms with Gasteiger partial charge in [-0.2, -0.15) is 5.26 Å². The Morgan fingerprint density at radius 1 is 0.303 bits per heavy atom. The van der Waals surface area contributed by atoms with E-state index in [1.807, 2.05) is 87.5 Å². The number of hydrogen-bond donors (Lipinski definition) is 0. The maximum absolute atomic E-state index is 11.6. The number of fused-ring (bicyclic) bond motifs is 10. The molecule has 2 aromatic heterocycles. The van der Waals surface area contributed by atoms with Gasteiger partial charge in [-0.1, -0.05) is 294 Å². The van der Waals surface area contributed by atoms with E-state index >= 15 is 0 Å². The Labute approximate surface area is 658 Å². The van der Waals surface area contributed by atoms with E-state index in [-0.39, 0.29) is 69.0 Å². The zero-order valence-electron chi connectivity index (χ0n) is 75.0. The van der Waals surface area contributed by atoms with Crippen LogP contribution < -0.4 is 26.2 Å². The van der Waals surface area contributed by atoms with Crippen molar-refractivity contribution in [2.24, 2.45) is 0 Å². The van der Waals surface area contributed by atoms with Crippen LogP contribution in [0.3, 0.4) is 0 Å². The molecule has 0 saturated carbocycles. The van der Waals surface area contributed by atoms with Crippen molar-refractivity contribution >= 4 is 101 Å². The van der Waals surface area contributed by atoms with Crippen molar-refractivity contribution in [3.05, 3.63) is 306 Å². The molecule has 0 fully saturated rings. The van der Waals surface area contributed by atoms with Crippen LogP contribution in [0.15, 0.2) is 267 Å². The minimum Gasteiger partial charge on any atom is -0.311 e. The summed E-state index contributed by atoms with van der Waals surface area (Å²) in [6.07, 6.45) is 0. The van der Waals surface area contributed by atoms with Crippen LogP contribution in [0.2, 0.25) is 0 Å². The van der Waals surface area contributed by atoms with Crippen molar-refractivity contribution in [1.29, 1.82) is 5.26 Å². The van der Waals surface area contributed by atoms with Crippen LogP contribution in [-0.2, 0) is 32.5 Å². The minimum atomic E-state index is -0.774. The molecule has 0 radical (unpaired) electrons. The Balaban J connectivity index is 1.10. The molecule has 4 heterocycles. The van der Waals surface area contributed by atoms with Crippen LogP contribution >= 0.6 is 0 Å². The first-order chi connectivity index (χ1) is 55.5. The van der Waals surface area contributed by atoms with E-state index in [1.54, 1.807) is 0 Å². The summed E-state index contributed by atoms with van der Waals surface area (Å²) < 4.78 is 92.6. The van der Waals surface area contributed by atoms with E-state index in [1.165, 1.54) is 11.1 Å². The number of hydrogen-bond acceptors (Lipinski definition) is 3. The summed E-state index contributed by atoms with van der Waals surface area (Å²) in [7, 11) is 0. The molecule has 0 spiro atoms. The van der Waals surface area contributed by atoms with Gasteiger partial charge in [0.2, 0.25) is 0 Å². The lowest BCUT2D eigenvalue weighted by atomic mass is 9.33. The smallest absolute Gasteiger partial charge is 0.252 e. The van der Waals surface area contributed by atoms with E-state index in [0.717, 1.165) is 122 Å². The summed E-state index contributed by atoms with van der Waals surface area (Å²) >= 11 is 0. The Kier molecular flexibility index (Phi) is 14.1. The molecule has 2 aliphatic heterocycles. The largest absolute Gasteiger partial charge is 0.311 e. The fourth-order valence-corrected chi connectivity index (χ4v) is 16.5. The molecule has 0 N–H and O–H groups in total. The van der Waals surface area contributed by atoms with Gasteiger partial charge in [0.05, 0.1) is 51.3 Å². The highest BCUT2D eigenvalue weighted by Crippen LogP contribution is 2.54. The van der Waals surface area contributed by atoms with E-state index in [4.69, 9.17) is 1.37 Å². The Morgan fingerprint density at radius 2 is 0.761 bits per heavy atom. The second kappa shape index (κ2) is 25.4. The van der Waals surface area contributed by atoms with E-state index in [9.17, 15) is 16.2 Å². The molecule has 0 saturated heterocycles. The van der Waals surface area contributed by atoms with Crippen molar-refractivity contribution in [3.8, 4) is 62.0 Å². The zero-order valence-corrected chi connectivity index (χ0v) is 66.0. The number of nitriles is 1. The van der Waals surface area contributed by atoms with Crippen molar-refractivity contribution in [2.75, 3.05) is 9.80 Å². The number of anilines is 6. The zero-order chi connectivity index (χ0) is 84.2. The highest BCUT2D eigenvalue weighted by atomic mass is 15.2. The number of rotatable bonds is 8. The van der Waals surface area contributed by atoms with E-state index in [0.29, 0.717) is 45.0 Å². The number of para-hydroxylation sites is 2. The van der Waals surface area contributed by atoms with Crippen molar-refractivity contribution < 1.29 is 12.3 Å². The average molecular weight is 1430 g/mol. The molecule has 0 bridgehead atoms. The van der Waals surface area contributed by atoms with Gasteiger partial charge in [-0.3, -0.25) is 0 Å². The van der Waals surface area contributed by atoms with Crippen LogP contribution in [0.4, 0.5) is 34.1 Å². The molecule has 5 nitrogen and oxygen atoms in total. The van der Waals surface area contributed by atoms with Crippen molar-refractivity contribution in [3.63, 3.8) is 0 Å². The quantitative estimate of drug-likeness (QED) is 0.142. The van der Waals surface area contributed by atoms with Crippen LogP contribution in [0.5, 0.6) is 0 Å². The molecule has 0 amide bonds. The molecule has 13 aromatic carbocycles. The van der Waals surface area contributed by atoms with Crippen LogP contribution in [0.25, 0.3) is 99.5 Å². The number of benzene rings is 13. The first-order valence-corrected chi connectivity index (χ1v) is 38.3. The summed E-state index contributed by atoms with van der Waals surface area (Å²) in [5, 5.41) is 15.8. The summed E-state index contributed by atoms with van der Waals surface area (Å²) in [6.45, 7) is 38.8. The number of nitrogens with zero attached hydrogens (tertiary/aromatic N) is 5. The lowest BCUT2D eigenvalue weighted by molar-refractivity contribution is 0.569. The maximum atomic E-state index is 11.6. The summed E-state index contributed by atoms with van der Waals surface area (Å²) in [5.41, 5.74) is 20.7. The summed E-state index contributed by atoms with van der Waals surface area (Å²) in [5.74, 6) is 0. The van der Waals surface area contributed by atoms with E-state index < -0.39 is 35.7 Å². The summed E-state index contributed by atoms with van der Waals surface area (Å²) in [6, 6.07) is 75.4. The molecule has 0 atom stereocenters. The highest BCUT2D eigenvalue weighted by Gasteiger charge is 2.46. The van der Waals surface area contributed by atoms with Crippen LogP contribution in [0, 0.1) is 11.3 Å². The fourth-order valence-electron chi connectivity index (χ4n) is 16.5. The molecule has 538 valence electrons. The van der Waals surface area contributed by atoms with Gasteiger partial charge in [0.1, 0.15) is 6.07 Å². The highest BCUT2D eigenvalue weighted by molar-refractivity contribution is 7.00.